The molecule has 3 rings (SSSR count). The average molecular weight is 328 g/mol. The zero-order chi connectivity index (χ0) is 16.4. The Morgan fingerprint density at radius 2 is 1.91 bits per heavy atom. The van der Waals surface area contributed by atoms with Gasteiger partial charge in [0.25, 0.3) is 0 Å². The van der Waals surface area contributed by atoms with Crippen molar-refractivity contribution < 1.29 is 4.39 Å². The predicted octanol–water partition coefficient (Wildman–Crippen LogP) is 4.38. The first kappa shape index (κ1) is 15.6. The summed E-state index contributed by atoms with van der Waals surface area (Å²) in [6.45, 7) is 4.11. The number of hydrogen-bond acceptors (Lipinski definition) is 3. The van der Waals surface area contributed by atoms with E-state index in [1.54, 1.807) is 24.5 Å². The minimum Gasteiger partial charge on any atom is -0.285 e. The molecule has 0 spiro atoms. The Hall–Kier alpha value is -2.34. The van der Waals surface area contributed by atoms with E-state index in [2.05, 4.69) is 34.0 Å². The molecule has 0 fully saturated rings. The van der Waals surface area contributed by atoms with Crippen LogP contribution in [0.25, 0.3) is 11.1 Å². The molecule has 4 nitrogen and oxygen atoms in total. The molecule has 0 saturated heterocycles. The fourth-order valence-electron chi connectivity index (χ4n) is 2.71. The van der Waals surface area contributed by atoms with Crippen LogP contribution in [0.3, 0.4) is 0 Å². The normalized spacial score (nSPS) is 11.1. The van der Waals surface area contributed by atoms with Crippen LogP contribution in [0.2, 0.25) is 0 Å². The van der Waals surface area contributed by atoms with Gasteiger partial charge in [0.05, 0.1) is 0 Å². The van der Waals surface area contributed by atoms with Gasteiger partial charge in [0.1, 0.15) is 11.6 Å². The molecule has 6 heteroatoms. The third-order valence-electron chi connectivity index (χ3n) is 3.76. The fraction of sp³-hybridized carbons (Fsp3) is 0.235. The number of aromatic amines is 2. The lowest BCUT2D eigenvalue weighted by Gasteiger charge is -2.17. The summed E-state index contributed by atoms with van der Waals surface area (Å²) in [4.78, 5) is 8.30. The maximum Gasteiger partial charge on any atom is 0.213 e. The lowest BCUT2D eigenvalue weighted by molar-refractivity contribution is 0.622. The molecule has 2 heterocycles. The molecule has 0 aliphatic rings. The smallest absolute Gasteiger partial charge is 0.213 e. The van der Waals surface area contributed by atoms with E-state index in [0.29, 0.717) is 11.2 Å². The largest absolute Gasteiger partial charge is 0.285 e. The summed E-state index contributed by atoms with van der Waals surface area (Å²) in [5.74, 6) is 0.696. The molecule has 0 radical (unpaired) electrons. The Kier molecular flexibility index (Phi) is 4.34. The summed E-state index contributed by atoms with van der Waals surface area (Å²) in [5, 5.41) is 5.77. The van der Waals surface area contributed by atoms with Crippen molar-refractivity contribution in [2.75, 3.05) is 0 Å². The lowest BCUT2D eigenvalue weighted by atomic mass is 9.88. The van der Waals surface area contributed by atoms with Crippen LogP contribution in [0.1, 0.15) is 36.7 Å². The van der Waals surface area contributed by atoms with Gasteiger partial charge >= 0.3 is 0 Å². The number of rotatable bonds is 4. The lowest BCUT2D eigenvalue weighted by Crippen LogP contribution is -2.03. The van der Waals surface area contributed by atoms with Gasteiger partial charge in [-0.3, -0.25) is 15.2 Å². The van der Waals surface area contributed by atoms with E-state index in [4.69, 9.17) is 12.2 Å². The summed E-state index contributed by atoms with van der Waals surface area (Å²) < 4.78 is 14.6. The number of nitrogens with zero attached hydrogens (tertiary/aromatic N) is 2. The Morgan fingerprint density at radius 3 is 2.52 bits per heavy atom. The summed E-state index contributed by atoms with van der Waals surface area (Å²) in [5.41, 5.74) is 3.81. The van der Waals surface area contributed by atoms with E-state index in [0.717, 1.165) is 28.1 Å². The van der Waals surface area contributed by atoms with Gasteiger partial charge in [-0.05, 0) is 64.7 Å². The molecule has 0 saturated carbocycles. The quantitative estimate of drug-likeness (QED) is 0.699. The van der Waals surface area contributed by atoms with Gasteiger partial charge in [0.15, 0.2) is 0 Å². The molecule has 2 aromatic heterocycles. The highest BCUT2D eigenvalue weighted by molar-refractivity contribution is 7.71. The van der Waals surface area contributed by atoms with Crippen molar-refractivity contribution in [1.82, 2.24) is 20.2 Å². The van der Waals surface area contributed by atoms with Crippen molar-refractivity contribution in [3.8, 4) is 11.1 Å². The zero-order valence-corrected chi connectivity index (χ0v) is 13.7. The van der Waals surface area contributed by atoms with Crippen molar-refractivity contribution in [3.05, 3.63) is 64.2 Å². The van der Waals surface area contributed by atoms with Crippen LogP contribution in [-0.4, -0.2) is 20.2 Å². The van der Waals surface area contributed by atoms with Gasteiger partial charge in [-0.1, -0.05) is 13.8 Å². The number of hydrogen-bond donors (Lipinski definition) is 2. The topological polar surface area (TPSA) is 57.4 Å². The van der Waals surface area contributed by atoms with Gasteiger partial charge in [-0.15, -0.1) is 0 Å². The van der Waals surface area contributed by atoms with Gasteiger partial charge in [-0.25, -0.2) is 9.37 Å². The molecule has 118 valence electrons. The molecule has 0 aliphatic heterocycles. The van der Waals surface area contributed by atoms with Crippen LogP contribution < -0.4 is 0 Å². The Morgan fingerprint density at radius 1 is 1.17 bits per heavy atom. The average Bonchev–Trinajstić information content (AvgIpc) is 2.94. The molecule has 0 bridgehead atoms. The van der Waals surface area contributed by atoms with E-state index < -0.39 is 0 Å². The molecule has 0 unspecified atom stereocenters. The van der Waals surface area contributed by atoms with E-state index >= 15 is 0 Å². The molecule has 2 N–H and O–H groups in total. The van der Waals surface area contributed by atoms with Crippen LogP contribution in [0.5, 0.6) is 0 Å². The van der Waals surface area contributed by atoms with E-state index in [1.165, 1.54) is 0 Å². The molecule has 23 heavy (non-hydrogen) atoms. The van der Waals surface area contributed by atoms with Crippen LogP contribution in [0.15, 0.2) is 36.7 Å². The van der Waals surface area contributed by atoms with Crippen LogP contribution >= 0.6 is 12.2 Å². The summed E-state index contributed by atoms with van der Waals surface area (Å²) in [6.07, 6.45) is 3.97. The first-order chi connectivity index (χ1) is 11.0. The van der Waals surface area contributed by atoms with E-state index in [1.807, 2.05) is 12.1 Å². The molecule has 0 aliphatic carbocycles. The summed E-state index contributed by atoms with van der Waals surface area (Å²) in [7, 11) is 0. The number of pyridine rings is 1. The van der Waals surface area contributed by atoms with Crippen molar-refractivity contribution in [2.45, 2.75) is 26.2 Å². The fourth-order valence-corrected chi connectivity index (χ4v) is 2.88. The number of aromatic nitrogens is 4. The first-order valence-electron chi connectivity index (χ1n) is 7.41. The van der Waals surface area contributed by atoms with Crippen LogP contribution in [0.4, 0.5) is 4.39 Å². The molecule has 0 amide bonds. The third-order valence-corrected chi connectivity index (χ3v) is 3.95. The van der Waals surface area contributed by atoms with E-state index in [-0.39, 0.29) is 11.7 Å². The number of nitrogens with one attached hydrogen (secondary N) is 2. The van der Waals surface area contributed by atoms with Gasteiger partial charge in [-0.2, -0.15) is 0 Å². The van der Waals surface area contributed by atoms with Crippen molar-refractivity contribution >= 4 is 12.2 Å². The van der Waals surface area contributed by atoms with Crippen molar-refractivity contribution in [3.63, 3.8) is 0 Å². The Bertz CT molecular complexity index is 868. The molecule has 3 aromatic rings. The van der Waals surface area contributed by atoms with E-state index in [9.17, 15) is 4.39 Å². The maximum atomic E-state index is 14.1. The minimum absolute atomic E-state index is 0.197. The molecular weight excluding hydrogens is 311 g/mol. The SMILES string of the molecule is CC(C)c1cc(F)cc(-c2ccncc2)c1Cc1nc(=S)[nH][nH]1. The summed E-state index contributed by atoms with van der Waals surface area (Å²) in [6, 6.07) is 6.94. The first-order valence-corrected chi connectivity index (χ1v) is 7.81. The van der Waals surface area contributed by atoms with Gasteiger partial charge in [0.2, 0.25) is 4.77 Å². The molecule has 0 atom stereocenters. The Labute approximate surface area is 138 Å². The zero-order valence-electron chi connectivity index (χ0n) is 12.9. The number of benzene rings is 1. The monoisotopic (exact) mass is 328 g/mol. The second-order valence-electron chi connectivity index (χ2n) is 5.70. The highest BCUT2D eigenvalue weighted by Crippen LogP contribution is 2.32. The highest BCUT2D eigenvalue weighted by atomic mass is 32.1. The second kappa shape index (κ2) is 6.42. The number of H-pyrrole nitrogens is 2. The maximum absolute atomic E-state index is 14.1. The van der Waals surface area contributed by atoms with Gasteiger partial charge < -0.3 is 0 Å². The summed E-state index contributed by atoms with van der Waals surface area (Å²) >= 11 is 5.01. The van der Waals surface area contributed by atoms with Crippen molar-refractivity contribution in [2.24, 2.45) is 0 Å². The second-order valence-corrected chi connectivity index (χ2v) is 6.09. The number of halogens is 1. The minimum atomic E-state index is -0.237. The highest BCUT2D eigenvalue weighted by Gasteiger charge is 2.16. The standard InChI is InChI=1S/C17H17FN4S/c1-10(2)13-7-12(18)8-14(11-3-5-19-6-4-11)15(13)9-16-20-17(23)22-21-16/h3-8,10H,9H2,1-2H3,(H2,20,21,22,23). The predicted molar refractivity (Wildman–Crippen MR) is 90.3 cm³/mol. The van der Waals surface area contributed by atoms with Crippen LogP contribution in [0, 0.1) is 10.6 Å². The molecular formula is C17H17FN4S. The van der Waals surface area contributed by atoms with Crippen molar-refractivity contribution in [1.29, 1.82) is 0 Å². The van der Waals surface area contributed by atoms with Gasteiger partial charge in [0, 0.05) is 18.8 Å². The Balaban J connectivity index is 2.19. The van der Waals surface area contributed by atoms with Crippen LogP contribution in [-0.2, 0) is 6.42 Å². The molecule has 1 aromatic carbocycles. The third kappa shape index (κ3) is 3.37.